The molecule has 0 aromatic heterocycles. The Morgan fingerprint density at radius 1 is 0.919 bits per heavy atom. The Morgan fingerprint density at radius 3 is 2.24 bits per heavy atom. The Labute approximate surface area is 229 Å². The monoisotopic (exact) mass is 599 g/mol. The van der Waals surface area contributed by atoms with E-state index in [2.05, 4.69) is 26.0 Å². The molecule has 0 fully saturated rings. The lowest BCUT2D eigenvalue weighted by molar-refractivity contribution is -0.137. The third-order valence-electron chi connectivity index (χ3n) is 5.42. The van der Waals surface area contributed by atoms with Gasteiger partial charge in [0.25, 0.3) is 21.8 Å². The highest BCUT2D eigenvalue weighted by atomic mass is 79.9. The van der Waals surface area contributed by atoms with Crippen molar-refractivity contribution in [1.29, 1.82) is 0 Å². The summed E-state index contributed by atoms with van der Waals surface area (Å²) in [5.41, 5.74) is 2.18. The first-order valence-corrected chi connectivity index (χ1v) is 14.6. The van der Waals surface area contributed by atoms with Crippen LogP contribution in [0.1, 0.15) is 19.4 Å². The van der Waals surface area contributed by atoms with Crippen molar-refractivity contribution in [2.75, 3.05) is 16.6 Å². The van der Waals surface area contributed by atoms with Gasteiger partial charge in [-0.15, -0.1) is 0 Å². The third kappa shape index (κ3) is 6.44. The molecule has 0 spiro atoms. The molecule has 1 heterocycles. The molecule has 1 aliphatic heterocycles. The molecule has 4 rings (SSSR count). The van der Waals surface area contributed by atoms with Crippen LogP contribution in [0.15, 0.2) is 97.7 Å². The fourth-order valence-corrected chi connectivity index (χ4v) is 5.96. The molecule has 3 aromatic rings. The summed E-state index contributed by atoms with van der Waals surface area (Å²) in [6, 6.07) is 20.6. The van der Waals surface area contributed by atoms with Crippen LogP contribution >= 0.6 is 27.7 Å². The van der Waals surface area contributed by atoms with Gasteiger partial charge in [-0.25, -0.2) is 8.42 Å². The number of nitrogens with one attached hydrogen (secondary N) is 2. The lowest BCUT2D eigenvalue weighted by Crippen LogP contribution is -2.35. The zero-order chi connectivity index (χ0) is 26.7. The molecule has 3 aromatic carbocycles. The SMILES string of the molecule is Cc1ccc(S(=O)(=O)Nc2cccc(SC3=C(Nc4ccc(Br)cc4)C(=O)N(CC(C)C)C3=O)c2)cc1. The molecule has 0 saturated carbocycles. The summed E-state index contributed by atoms with van der Waals surface area (Å²) < 4.78 is 29.2. The van der Waals surface area contributed by atoms with Crippen LogP contribution in [-0.2, 0) is 19.6 Å². The maximum Gasteiger partial charge on any atom is 0.278 e. The Hall–Kier alpha value is -3.08. The van der Waals surface area contributed by atoms with E-state index in [1.807, 2.05) is 45.0 Å². The summed E-state index contributed by atoms with van der Waals surface area (Å²) in [5.74, 6) is -0.667. The van der Waals surface area contributed by atoms with E-state index in [0.717, 1.165) is 21.8 Å². The van der Waals surface area contributed by atoms with Crippen LogP contribution in [0.4, 0.5) is 11.4 Å². The van der Waals surface area contributed by atoms with Gasteiger partial charge in [0.1, 0.15) is 10.6 Å². The molecular formula is C27H26BrN3O4S2. The number of hydrogen-bond acceptors (Lipinski definition) is 6. The summed E-state index contributed by atoms with van der Waals surface area (Å²) in [4.78, 5) is 28.8. The number of sulfonamides is 1. The third-order valence-corrected chi connectivity index (χ3v) is 8.42. The molecule has 2 amide bonds. The van der Waals surface area contributed by atoms with E-state index in [1.54, 1.807) is 48.5 Å². The molecule has 0 radical (unpaired) electrons. The van der Waals surface area contributed by atoms with Crippen molar-refractivity contribution in [3.05, 3.63) is 93.4 Å². The Kier molecular flexibility index (Phi) is 8.11. The number of halogens is 1. The minimum absolute atomic E-state index is 0.102. The minimum atomic E-state index is -3.79. The van der Waals surface area contributed by atoms with Crippen LogP contribution in [0.2, 0.25) is 0 Å². The van der Waals surface area contributed by atoms with E-state index in [1.165, 1.54) is 4.90 Å². The van der Waals surface area contributed by atoms with Gasteiger partial charge >= 0.3 is 0 Å². The summed E-state index contributed by atoms with van der Waals surface area (Å²) in [6.45, 7) is 6.06. The Balaban J connectivity index is 1.63. The first-order chi connectivity index (χ1) is 17.5. The largest absolute Gasteiger partial charge is 0.350 e. The number of aryl methyl sites for hydroxylation is 1. The van der Waals surface area contributed by atoms with Gasteiger partial charge < -0.3 is 5.32 Å². The van der Waals surface area contributed by atoms with Crippen molar-refractivity contribution in [1.82, 2.24) is 4.90 Å². The van der Waals surface area contributed by atoms with Gasteiger partial charge in [0.05, 0.1) is 4.90 Å². The van der Waals surface area contributed by atoms with Gasteiger partial charge in [-0.1, -0.05) is 65.3 Å². The normalized spacial score (nSPS) is 14.0. The minimum Gasteiger partial charge on any atom is -0.350 e. The number of hydrogen-bond donors (Lipinski definition) is 2. The van der Waals surface area contributed by atoms with Crippen LogP contribution in [0.3, 0.4) is 0 Å². The second kappa shape index (κ2) is 11.1. The number of rotatable bonds is 9. The van der Waals surface area contributed by atoms with Crippen LogP contribution in [0.5, 0.6) is 0 Å². The summed E-state index contributed by atoms with van der Waals surface area (Å²) in [6.07, 6.45) is 0. The van der Waals surface area contributed by atoms with Crippen LogP contribution in [-0.4, -0.2) is 31.7 Å². The predicted molar refractivity (Wildman–Crippen MR) is 151 cm³/mol. The molecule has 7 nitrogen and oxygen atoms in total. The van der Waals surface area contributed by atoms with Gasteiger partial charge in [-0.05, 0) is 67.4 Å². The summed E-state index contributed by atoms with van der Waals surface area (Å²) in [5, 5.41) is 3.12. The van der Waals surface area contributed by atoms with Crippen molar-refractivity contribution < 1.29 is 18.0 Å². The number of anilines is 2. The van der Waals surface area contributed by atoms with E-state index in [4.69, 9.17) is 0 Å². The number of carbonyl (C=O) groups excluding carboxylic acids is 2. The standard InChI is InChI=1S/C27H26BrN3O4S2/c1-17(2)16-31-26(32)24(29-20-11-9-19(28)10-12-20)25(27(31)33)36-22-6-4-5-21(15-22)30-37(34,35)23-13-7-18(3)8-14-23/h4-15,17,29-30H,16H2,1-3H3. The quantitative estimate of drug-likeness (QED) is 0.293. The van der Waals surface area contributed by atoms with Crippen LogP contribution in [0, 0.1) is 12.8 Å². The topological polar surface area (TPSA) is 95.6 Å². The van der Waals surface area contributed by atoms with Gasteiger partial charge in [-0.3, -0.25) is 19.2 Å². The summed E-state index contributed by atoms with van der Waals surface area (Å²) in [7, 11) is -3.79. The zero-order valence-corrected chi connectivity index (χ0v) is 23.7. The highest BCUT2D eigenvalue weighted by Crippen LogP contribution is 2.37. The molecule has 0 saturated heterocycles. The van der Waals surface area contributed by atoms with Crippen molar-refractivity contribution in [2.45, 2.75) is 30.6 Å². The fraction of sp³-hybridized carbons (Fsp3) is 0.185. The first-order valence-electron chi connectivity index (χ1n) is 11.5. The molecular weight excluding hydrogens is 574 g/mol. The van der Waals surface area contributed by atoms with Crippen molar-refractivity contribution >= 4 is 60.9 Å². The Bertz CT molecular complexity index is 1470. The number of benzene rings is 3. The Morgan fingerprint density at radius 2 is 1.59 bits per heavy atom. The fourth-order valence-electron chi connectivity index (χ4n) is 3.64. The van der Waals surface area contributed by atoms with Gasteiger partial charge in [0.2, 0.25) is 0 Å². The van der Waals surface area contributed by atoms with E-state index in [9.17, 15) is 18.0 Å². The van der Waals surface area contributed by atoms with Gasteiger partial charge in [-0.2, -0.15) is 0 Å². The van der Waals surface area contributed by atoms with E-state index < -0.39 is 10.0 Å². The van der Waals surface area contributed by atoms with Crippen molar-refractivity contribution in [2.24, 2.45) is 5.92 Å². The lowest BCUT2D eigenvalue weighted by atomic mass is 10.2. The van der Waals surface area contributed by atoms with Crippen LogP contribution < -0.4 is 10.0 Å². The molecule has 192 valence electrons. The lowest BCUT2D eigenvalue weighted by Gasteiger charge is -2.17. The van der Waals surface area contributed by atoms with E-state index in [0.29, 0.717) is 22.8 Å². The van der Waals surface area contributed by atoms with Crippen molar-refractivity contribution in [3.8, 4) is 0 Å². The molecule has 0 atom stereocenters. The van der Waals surface area contributed by atoms with Gasteiger partial charge in [0, 0.05) is 27.3 Å². The van der Waals surface area contributed by atoms with Crippen molar-refractivity contribution in [3.63, 3.8) is 0 Å². The van der Waals surface area contributed by atoms with Gasteiger partial charge in [0.15, 0.2) is 0 Å². The first kappa shape index (κ1) is 27.0. The number of nitrogens with zero attached hydrogens (tertiary/aromatic N) is 1. The highest BCUT2D eigenvalue weighted by Gasteiger charge is 2.39. The molecule has 0 aliphatic carbocycles. The number of thioether (sulfide) groups is 1. The van der Waals surface area contributed by atoms with Crippen LogP contribution in [0.25, 0.3) is 0 Å². The molecule has 10 heteroatoms. The number of amides is 2. The average Bonchev–Trinajstić information content (AvgIpc) is 3.04. The van der Waals surface area contributed by atoms with E-state index in [-0.39, 0.29) is 33.2 Å². The summed E-state index contributed by atoms with van der Waals surface area (Å²) >= 11 is 4.52. The van der Waals surface area contributed by atoms with E-state index >= 15 is 0 Å². The second-order valence-corrected chi connectivity index (χ2v) is 12.7. The maximum absolute atomic E-state index is 13.3. The highest BCUT2D eigenvalue weighted by molar-refractivity contribution is 9.10. The second-order valence-electron chi connectivity index (χ2n) is 9.00. The number of imide groups is 1. The molecule has 0 bridgehead atoms. The molecule has 2 N–H and O–H groups in total. The molecule has 0 unspecified atom stereocenters. The molecule has 1 aliphatic rings. The predicted octanol–water partition coefficient (Wildman–Crippen LogP) is 6.00. The average molecular weight is 601 g/mol. The molecule has 37 heavy (non-hydrogen) atoms. The maximum atomic E-state index is 13.3. The number of carbonyl (C=O) groups is 2. The smallest absolute Gasteiger partial charge is 0.278 e. The zero-order valence-electron chi connectivity index (χ0n) is 20.5.